The predicted molar refractivity (Wildman–Crippen MR) is 121 cm³/mol. The van der Waals surface area contributed by atoms with Crippen molar-refractivity contribution in [3.63, 3.8) is 0 Å². The number of carbonyl (C=O) groups is 2. The van der Waals surface area contributed by atoms with Gasteiger partial charge in [0.15, 0.2) is 6.10 Å². The van der Waals surface area contributed by atoms with Crippen LogP contribution >= 0.6 is 0 Å². The van der Waals surface area contributed by atoms with Gasteiger partial charge in [0.1, 0.15) is 12.2 Å². The summed E-state index contributed by atoms with van der Waals surface area (Å²) in [4.78, 5) is 26.7. The maximum Gasteiger partial charge on any atom is 0.337 e. The van der Waals surface area contributed by atoms with E-state index in [4.69, 9.17) is 15.1 Å². The first kappa shape index (κ1) is 30.7. The molecule has 0 fully saturated rings. The monoisotopic (exact) mass is 463 g/mol. The molecule has 0 unspecified atom stereocenters. The molecular weight excluding hydrogens is 418 g/mol. The molecule has 0 radical (unpaired) electrons. The van der Waals surface area contributed by atoms with Gasteiger partial charge in [0.2, 0.25) is 6.10 Å². The zero-order valence-electron chi connectivity index (χ0n) is 19.6. The number of hydrogen-bond donors (Lipinski definition) is 6. The number of aliphatic hydroxyl groups is 3. The van der Waals surface area contributed by atoms with Crippen LogP contribution in [0.1, 0.15) is 103 Å². The van der Waals surface area contributed by atoms with Crippen LogP contribution in [0.2, 0.25) is 0 Å². The van der Waals surface area contributed by atoms with E-state index in [1.807, 2.05) is 0 Å². The molecule has 0 bridgehead atoms. The zero-order valence-corrected chi connectivity index (χ0v) is 19.6. The summed E-state index contributed by atoms with van der Waals surface area (Å²) in [6, 6.07) is 0. The summed E-state index contributed by atoms with van der Waals surface area (Å²) in [5.74, 6) is -3.36. The second-order valence-electron chi connectivity index (χ2n) is 8.49. The van der Waals surface area contributed by atoms with Gasteiger partial charge >= 0.3 is 11.9 Å². The minimum absolute atomic E-state index is 0.354. The molecule has 0 aliphatic rings. The molecule has 0 heterocycles. The highest BCUT2D eigenvalue weighted by molar-refractivity contribution is 5.75. The fraction of sp³-hybridized carbons (Fsp3) is 0.913. The molecule has 0 saturated carbocycles. The molecule has 4 atom stereocenters. The van der Waals surface area contributed by atoms with E-state index in [1.165, 1.54) is 70.6 Å². The van der Waals surface area contributed by atoms with Gasteiger partial charge in [-0.1, -0.05) is 96.8 Å². The van der Waals surface area contributed by atoms with Crippen LogP contribution < -0.4 is 5.48 Å². The second kappa shape index (κ2) is 20.4. The van der Waals surface area contributed by atoms with E-state index in [1.54, 1.807) is 0 Å². The number of hydroxylamine groups is 1. The first-order chi connectivity index (χ1) is 15.3. The summed E-state index contributed by atoms with van der Waals surface area (Å²) >= 11 is 0. The van der Waals surface area contributed by atoms with Gasteiger partial charge in [-0.05, 0) is 6.42 Å². The highest BCUT2D eigenvalue weighted by Crippen LogP contribution is 2.13. The average molecular weight is 464 g/mol. The molecule has 0 aromatic carbocycles. The molecule has 9 nitrogen and oxygen atoms in total. The van der Waals surface area contributed by atoms with E-state index in [2.05, 4.69) is 12.4 Å². The van der Waals surface area contributed by atoms with Crippen molar-refractivity contribution in [3.8, 4) is 0 Å². The molecule has 0 aromatic heterocycles. The summed E-state index contributed by atoms with van der Waals surface area (Å²) in [7, 11) is 0. The Hall–Kier alpha value is -1.26. The Kier molecular flexibility index (Phi) is 19.6. The highest BCUT2D eigenvalue weighted by atomic mass is 16.7. The standard InChI is InChI=1S/C23H45NO8/c1-2-3-4-5-6-7-8-9-10-11-12-13-14-15-16-17-24-32-21(23(30)31)19(26)18(25)20(27)22(28)29/h18-21,24-27H,2-17H2,1H3,(H,28,29)(H,30,31)/t18-,19-,20-,21+/m0/s1. The van der Waals surface area contributed by atoms with Crippen molar-refractivity contribution in [2.45, 2.75) is 128 Å². The van der Waals surface area contributed by atoms with Crippen molar-refractivity contribution in [1.29, 1.82) is 0 Å². The quantitative estimate of drug-likeness (QED) is 0.0990. The van der Waals surface area contributed by atoms with Crippen molar-refractivity contribution in [3.05, 3.63) is 0 Å². The Balaban J connectivity index is 3.65. The van der Waals surface area contributed by atoms with Gasteiger partial charge in [-0.2, -0.15) is 0 Å². The molecule has 0 aromatic rings. The van der Waals surface area contributed by atoms with Gasteiger partial charge in [-0.15, -0.1) is 0 Å². The summed E-state index contributed by atoms with van der Waals surface area (Å²) in [6.45, 7) is 2.59. The molecular formula is C23H45NO8. The summed E-state index contributed by atoms with van der Waals surface area (Å²) in [6.07, 6.45) is 10.0. The van der Waals surface area contributed by atoms with Gasteiger partial charge in [0, 0.05) is 6.54 Å². The van der Waals surface area contributed by atoms with Crippen molar-refractivity contribution in [1.82, 2.24) is 5.48 Å². The first-order valence-corrected chi connectivity index (χ1v) is 12.2. The second-order valence-corrected chi connectivity index (χ2v) is 8.49. The molecule has 190 valence electrons. The van der Waals surface area contributed by atoms with Gasteiger partial charge < -0.3 is 25.5 Å². The van der Waals surface area contributed by atoms with Crippen LogP contribution in [0.15, 0.2) is 0 Å². The van der Waals surface area contributed by atoms with Crippen molar-refractivity contribution >= 4 is 11.9 Å². The molecule has 0 aliphatic heterocycles. The average Bonchev–Trinajstić information content (AvgIpc) is 2.76. The van der Waals surface area contributed by atoms with E-state index < -0.39 is 36.4 Å². The first-order valence-electron chi connectivity index (χ1n) is 12.2. The lowest BCUT2D eigenvalue weighted by molar-refractivity contribution is -0.186. The van der Waals surface area contributed by atoms with E-state index >= 15 is 0 Å². The molecule has 0 rings (SSSR count). The number of hydrogen-bond acceptors (Lipinski definition) is 7. The lowest BCUT2D eigenvalue weighted by Crippen LogP contribution is -2.52. The molecule has 0 saturated heterocycles. The van der Waals surface area contributed by atoms with Crippen molar-refractivity contribution in [2.75, 3.05) is 6.54 Å². The Labute approximate surface area is 192 Å². The number of aliphatic carboxylic acids is 2. The number of carboxylic acids is 2. The van der Waals surface area contributed by atoms with Gasteiger partial charge in [0.25, 0.3) is 0 Å². The number of unbranched alkanes of at least 4 members (excludes halogenated alkanes) is 14. The van der Waals surface area contributed by atoms with Crippen LogP contribution in [-0.2, 0) is 14.4 Å². The van der Waals surface area contributed by atoms with Gasteiger partial charge in [-0.3, -0.25) is 4.84 Å². The minimum atomic E-state index is -2.31. The summed E-state index contributed by atoms with van der Waals surface area (Å²) in [5.41, 5.74) is 2.44. The number of rotatable bonds is 23. The number of nitrogens with one attached hydrogen (secondary N) is 1. The minimum Gasteiger partial charge on any atom is -0.479 e. The molecule has 0 spiro atoms. The Morgan fingerprint density at radius 3 is 1.44 bits per heavy atom. The maximum absolute atomic E-state index is 11.2. The van der Waals surface area contributed by atoms with Crippen molar-refractivity contribution < 1.29 is 40.0 Å². The zero-order chi connectivity index (χ0) is 24.2. The van der Waals surface area contributed by atoms with Crippen LogP contribution in [0.4, 0.5) is 0 Å². The van der Waals surface area contributed by atoms with Crippen LogP contribution in [0.5, 0.6) is 0 Å². The summed E-state index contributed by atoms with van der Waals surface area (Å²) < 4.78 is 0. The van der Waals surface area contributed by atoms with E-state index in [-0.39, 0.29) is 0 Å². The predicted octanol–water partition coefficient (Wildman–Crippen LogP) is 3.00. The van der Waals surface area contributed by atoms with Gasteiger partial charge in [0.05, 0.1) is 0 Å². The highest BCUT2D eigenvalue weighted by Gasteiger charge is 2.39. The molecule has 0 aliphatic carbocycles. The Morgan fingerprint density at radius 2 is 1.06 bits per heavy atom. The van der Waals surface area contributed by atoms with E-state index in [0.717, 1.165) is 25.7 Å². The SMILES string of the molecule is CCCCCCCCCCCCCCCCCNO[C@@H](C(=O)O)[C@@H](O)[C@H](O)[C@H](O)C(=O)O. The van der Waals surface area contributed by atoms with Crippen LogP contribution in [0, 0.1) is 0 Å². The Bertz CT molecular complexity index is 477. The molecule has 0 amide bonds. The van der Waals surface area contributed by atoms with E-state index in [9.17, 15) is 24.9 Å². The molecule has 6 N–H and O–H groups in total. The number of aliphatic hydroxyl groups excluding tert-OH is 3. The summed E-state index contributed by atoms with van der Waals surface area (Å²) in [5, 5.41) is 46.3. The van der Waals surface area contributed by atoms with Crippen LogP contribution in [-0.4, -0.2) is 68.4 Å². The number of carboxylic acid groups (broad SMARTS) is 2. The third-order valence-corrected chi connectivity index (χ3v) is 5.57. The molecule has 32 heavy (non-hydrogen) atoms. The van der Waals surface area contributed by atoms with E-state index in [0.29, 0.717) is 6.54 Å². The van der Waals surface area contributed by atoms with Crippen LogP contribution in [0.25, 0.3) is 0 Å². The van der Waals surface area contributed by atoms with Crippen LogP contribution in [0.3, 0.4) is 0 Å². The smallest absolute Gasteiger partial charge is 0.337 e. The lowest BCUT2D eigenvalue weighted by atomic mass is 10.0. The van der Waals surface area contributed by atoms with Crippen molar-refractivity contribution in [2.24, 2.45) is 0 Å². The fourth-order valence-corrected chi connectivity index (χ4v) is 3.50. The largest absolute Gasteiger partial charge is 0.479 e. The topological polar surface area (TPSA) is 157 Å². The lowest BCUT2D eigenvalue weighted by Gasteiger charge is -2.25. The third-order valence-electron chi connectivity index (χ3n) is 5.57. The normalized spacial score (nSPS) is 15.2. The Morgan fingerprint density at radius 1 is 0.656 bits per heavy atom. The third kappa shape index (κ3) is 15.5. The molecule has 9 heteroatoms. The van der Waals surface area contributed by atoms with Gasteiger partial charge in [-0.25, -0.2) is 15.1 Å². The maximum atomic E-state index is 11.2. The fourth-order valence-electron chi connectivity index (χ4n) is 3.50.